The lowest BCUT2D eigenvalue weighted by atomic mass is 9.74. The lowest BCUT2D eigenvalue weighted by Gasteiger charge is -2.39. The number of pyridine rings is 1. The molecule has 128 valence electrons. The summed E-state index contributed by atoms with van der Waals surface area (Å²) in [6.45, 7) is 3.69. The van der Waals surface area contributed by atoms with Gasteiger partial charge in [-0.1, -0.05) is 12.8 Å². The molecule has 3 rings (SSSR count). The molecule has 2 aromatic rings. The predicted molar refractivity (Wildman–Crippen MR) is 88.7 cm³/mol. The highest BCUT2D eigenvalue weighted by Crippen LogP contribution is 2.34. The second-order valence-corrected chi connectivity index (χ2v) is 6.81. The van der Waals surface area contributed by atoms with Gasteiger partial charge in [0.1, 0.15) is 0 Å². The summed E-state index contributed by atoms with van der Waals surface area (Å²) in [5.41, 5.74) is 1.22. The molecule has 2 N–H and O–H groups in total. The van der Waals surface area contributed by atoms with Crippen LogP contribution in [0.25, 0.3) is 11.0 Å². The maximum absolute atomic E-state index is 12.7. The number of fused-ring (bicyclic) bond motifs is 1. The lowest BCUT2D eigenvalue weighted by Crippen LogP contribution is -2.55. The fraction of sp³-hybridized carbons (Fsp3) is 0.529. The summed E-state index contributed by atoms with van der Waals surface area (Å²) in [7, 11) is 1.81. The van der Waals surface area contributed by atoms with Crippen LogP contribution in [0.2, 0.25) is 0 Å². The molecule has 1 amide bonds. The Morgan fingerprint density at radius 3 is 2.88 bits per heavy atom. The average molecular weight is 330 g/mol. The average Bonchev–Trinajstić information content (AvgIpc) is 2.81. The number of nitrogens with zero attached hydrogens (tertiary/aromatic N) is 3. The highest BCUT2D eigenvalue weighted by atomic mass is 16.4. The van der Waals surface area contributed by atoms with E-state index in [1.165, 1.54) is 6.20 Å². The highest BCUT2D eigenvalue weighted by molar-refractivity contribution is 5.98. The van der Waals surface area contributed by atoms with E-state index in [1.807, 2.05) is 20.9 Å². The zero-order valence-electron chi connectivity index (χ0n) is 14.2. The van der Waals surface area contributed by atoms with Crippen molar-refractivity contribution in [1.82, 2.24) is 20.1 Å². The van der Waals surface area contributed by atoms with Crippen molar-refractivity contribution >= 4 is 22.9 Å². The SMILES string of the molecule is Cc1nn(C)c2ncc(C(=O)NC3(C)CCCCC3C(=O)O)cc12. The van der Waals surface area contributed by atoms with Gasteiger partial charge in [0.2, 0.25) is 0 Å². The Labute approximate surface area is 140 Å². The molecule has 24 heavy (non-hydrogen) atoms. The Kier molecular flexibility index (Phi) is 4.03. The van der Waals surface area contributed by atoms with Gasteiger partial charge in [-0.2, -0.15) is 5.10 Å². The van der Waals surface area contributed by atoms with E-state index in [9.17, 15) is 14.7 Å². The Hall–Kier alpha value is -2.44. The molecule has 0 saturated heterocycles. The van der Waals surface area contributed by atoms with Gasteiger partial charge in [0.15, 0.2) is 5.65 Å². The quantitative estimate of drug-likeness (QED) is 0.897. The molecule has 2 heterocycles. The molecular weight excluding hydrogens is 308 g/mol. The Morgan fingerprint density at radius 1 is 1.42 bits per heavy atom. The van der Waals surface area contributed by atoms with Gasteiger partial charge in [-0.25, -0.2) is 4.98 Å². The Balaban J connectivity index is 1.88. The fourth-order valence-electron chi connectivity index (χ4n) is 3.64. The number of carboxylic acids is 1. The molecule has 0 aromatic carbocycles. The van der Waals surface area contributed by atoms with E-state index in [-0.39, 0.29) is 5.91 Å². The van der Waals surface area contributed by atoms with E-state index >= 15 is 0 Å². The normalized spacial score (nSPS) is 24.0. The van der Waals surface area contributed by atoms with Gasteiger partial charge in [-0.05, 0) is 32.8 Å². The van der Waals surface area contributed by atoms with E-state index in [2.05, 4.69) is 15.4 Å². The number of aryl methyl sites for hydroxylation is 2. The fourth-order valence-corrected chi connectivity index (χ4v) is 3.64. The Bertz CT molecular complexity index is 814. The topological polar surface area (TPSA) is 97.1 Å². The zero-order chi connectivity index (χ0) is 17.5. The van der Waals surface area contributed by atoms with Crippen LogP contribution in [0.4, 0.5) is 0 Å². The standard InChI is InChI=1S/C17H22N4O3/c1-10-12-8-11(9-18-14(12)21(3)20-10)15(22)19-17(2)7-5-4-6-13(17)16(23)24/h8-9,13H,4-7H2,1-3H3,(H,19,22)(H,23,24). The third kappa shape index (κ3) is 2.74. The maximum Gasteiger partial charge on any atom is 0.308 e. The van der Waals surface area contributed by atoms with Gasteiger partial charge < -0.3 is 10.4 Å². The number of amides is 1. The first-order valence-electron chi connectivity index (χ1n) is 8.16. The van der Waals surface area contributed by atoms with E-state index in [4.69, 9.17) is 0 Å². The molecular formula is C17H22N4O3. The van der Waals surface area contributed by atoms with Gasteiger partial charge in [0.05, 0.1) is 22.7 Å². The van der Waals surface area contributed by atoms with Crippen LogP contribution in [0.3, 0.4) is 0 Å². The van der Waals surface area contributed by atoms with E-state index in [0.717, 1.165) is 29.6 Å². The second-order valence-electron chi connectivity index (χ2n) is 6.81. The zero-order valence-corrected chi connectivity index (χ0v) is 14.2. The van der Waals surface area contributed by atoms with Crippen molar-refractivity contribution in [2.24, 2.45) is 13.0 Å². The molecule has 0 bridgehead atoms. The van der Waals surface area contributed by atoms with Crippen molar-refractivity contribution in [3.63, 3.8) is 0 Å². The minimum atomic E-state index is -0.853. The molecule has 1 aliphatic carbocycles. The molecule has 7 nitrogen and oxygen atoms in total. The summed E-state index contributed by atoms with van der Waals surface area (Å²) in [6.07, 6.45) is 4.56. The van der Waals surface area contributed by atoms with Crippen LogP contribution >= 0.6 is 0 Å². The van der Waals surface area contributed by atoms with Crippen LogP contribution in [0, 0.1) is 12.8 Å². The van der Waals surface area contributed by atoms with Gasteiger partial charge in [-0.15, -0.1) is 0 Å². The molecule has 2 aromatic heterocycles. The van der Waals surface area contributed by atoms with Crippen molar-refractivity contribution in [2.45, 2.75) is 45.1 Å². The van der Waals surface area contributed by atoms with Gasteiger partial charge in [-0.3, -0.25) is 14.3 Å². The molecule has 0 aliphatic heterocycles. The molecule has 7 heteroatoms. The molecule has 1 aliphatic rings. The van der Waals surface area contributed by atoms with Gasteiger partial charge in [0.25, 0.3) is 5.91 Å². The molecule has 1 saturated carbocycles. The summed E-state index contributed by atoms with van der Waals surface area (Å²) in [6, 6.07) is 1.77. The predicted octanol–water partition coefficient (Wildman–Crippen LogP) is 2.04. The second kappa shape index (κ2) is 5.89. The monoisotopic (exact) mass is 330 g/mol. The van der Waals surface area contributed by atoms with Gasteiger partial charge >= 0.3 is 5.97 Å². The van der Waals surface area contributed by atoms with Crippen LogP contribution in [-0.2, 0) is 11.8 Å². The highest BCUT2D eigenvalue weighted by Gasteiger charge is 2.42. The number of nitrogens with one attached hydrogen (secondary N) is 1. The first-order chi connectivity index (χ1) is 11.3. The van der Waals surface area contributed by atoms with Crippen molar-refractivity contribution in [2.75, 3.05) is 0 Å². The summed E-state index contributed by atoms with van der Waals surface area (Å²) in [4.78, 5) is 28.5. The van der Waals surface area contributed by atoms with Crippen molar-refractivity contribution in [3.05, 3.63) is 23.5 Å². The number of carboxylic acid groups (broad SMARTS) is 1. The van der Waals surface area contributed by atoms with Crippen molar-refractivity contribution in [1.29, 1.82) is 0 Å². The number of rotatable bonds is 3. The van der Waals surface area contributed by atoms with E-state index < -0.39 is 17.4 Å². The number of aliphatic carboxylic acids is 1. The number of aromatic nitrogens is 3. The van der Waals surface area contributed by atoms with Crippen LogP contribution in [0.5, 0.6) is 0 Å². The summed E-state index contributed by atoms with van der Waals surface area (Å²) in [5, 5.41) is 17.5. The van der Waals surface area contributed by atoms with Crippen LogP contribution in [0.1, 0.15) is 48.7 Å². The van der Waals surface area contributed by atoms with Gasteiger partial charge in [0, 0.05) is 18.6 Å². The number of hydrogen-bond acceptors (Lipinski definition) is 4. The molecule has 2 unspecified atom stereocenters. The number of hydrogen-bond donors (Lipinski definition) is 2. The number of carbonyl (C=O) groups is 2. The minimum Gasteiger partial charge on any atom is -0.481 e. The molecule has 2 atom stereocenters. The molecule has 0 spiro atoms. The largest absolute Gasteiger partial charge is 0.481 e. The maximum atomic E-state index is 12.7. The van der Waals surface area contributed by atoms with Crippen molar-refractivity contribution in [3.8, 4) is 0 Å². The lowest BCUT2D eigenvalue weighted by molar-refractivity contribution is -0.145. The third-order valence-electron chi connectivity index (χ3n) is 5.03. The van der Waals surface area contributed by atoms with E-state index in [0.29, 0.717) is 18.4 Å². The third-order valence-corrected chi connectivity index (χ3v) is 5.03. The van der Waals surface area contributed by atoms with E-state index in [1.54, 1.807) is 10.7 Å². The minimum absolute atomic E-state index is 0.289. The first kappa shape index (κ1) is 16.4. The number of carbonyl (C=O) groups excluding carboxylic acids is 1. The molecule has 0 radical (unpaired) electrons. The van der Waals surface area contributed by atoms with Crippen molar-refractivity contribution < 1.29 is 14.7 Å². The summed E-state index contributed by atoms with van der Waals surface area (Å²) < 4.78 is 1.68. The summed E-state index contributed by atoms with van der Waals surface area (Å²) >= 11 is 0. The van der Waals surface area contributed by atoms with Crippen LogP contribution in [-0.4, -0.2) is 37.3 Å². The van der Waals surface area contributed by atoms with Crippen LogP contribution < -0.4 is 5.32 Å². The Morgan fingerprint density at radius 2 is 2.17 bits per heavy atom. The smallest absolute Gasteiger partial charge is 0.308 e. The first-order valence-corrected chi connectivity index (χ1v) is 8.16. The molecule has 1 fully saturated rings. The van der Waals surface area contributed by atoms with Crippen LogP contribution in [0.15, 0.2) is 12.3 Å². The summed E-state index contributed by atoms with van der Waals surface area (Å²) in [5.74, 6) is -1.70.